The highest BCUT2D eigenvalue weighted by atomic mass is 35.5. The van der Waals surface area contributed by atoms with Crippen molar-refractivity contribution in [1.82, 2.24) is 9.62 Å². The fourth-order valence-electron chi connectivity index (χ4n) is 3.98. The lowest BCUT2D eigenvalue weighted by Gasteiger charge is -2.35. The summed E-state index contributed by atoms with van der Waals surface area (Å²) in [5.41, 5.74) is 0.821. The van der Waals surface area contributed by atoms with Crippen molar-refractivity contribution in [2.75, 3.05) is 19.6 Å². The Kier molecular flexibility index (Phi) is 7.15. The van der Waals surface area contributed by atoms with Crippen molar-refractivity contribution in [3.05, 3.63) is 40.3 Å². The summed E-state index contributed by atoms with van der Waals surface area (Å²) in [6.45, 7) is 3.17. The number of sulfonamides is 1. The van der Waals surface area contributed by atoms with E-state index in [0.717, 1.165) is 37.4 Å². The Labute approximate surface area is 162 Å². The minimum atomic E-state index is -3.42. The van der Waals surface area contributed by atoms with Gasteiger partial charge in [0.1, 0.15) is 0 Å². The monoisotopic (exact) mass is 396 g/mol. The first-order chi connectivity index (χ1) is 12.5. The van der Waals surface area contributed by atoms with Crippen LogP contribution in [-0.4, -0.2) is 39.0 Å². The van der Waals surface area contributed by atoms with Crippen LogP contribution in [-0.2, 0) is 10.0 Å². The van der Waals surface area contributed by atoms with Gasteiger partial charge in [-0.1, -0.05) is 43.0 Å². The van der Waals surface area contributed by atoms with Crippen LogP contribution < -0.4 is 4.72 Å². The van der Waals surface area contributed by atoms with Crippen molar-refractivity contribution < 1.29 is 8.42 Å². The molecule has 0 atom stereocenters. The van der Waals surface area contributed by atoms with E-state index in [4.69, 9.17) is 11.6 Å². The number of piperidine rings is 1. The molecule has 1 saturated carbocycles. The maximum absolute atomic E-state index is 12.3. The van der Waals surface area contributed by atoms with E-state index in [1.807, 2.05) is 0 Å². The average Bonchev–Trinajstić information content (AvgIpc) is 2.64. The molecule has 1 aliphatic heterocycles. The quantitative estimate of drug-likeness (QED) is 0.780. The van der Waals surface area contributed by atoms with E-state index in [9.17, 15) is 8.42 Å². The molecule has 1 aromatic rings. The molecule has 2 fully saturated rings. The molecule has 0 spiro atoms. The van der Waals surface area contributed by atoms with Gasteiger partial charge in [0.05, 0.1) is 0 Å². The number of likely N-dealkylation sites (tertiary alicyclic amines) is 1. The third kappa shape index (κ3) is 6.38. The molecule has 26 heavy (non-hydrogen) atoms. The van der Waals surface area contributed by atoms with Crippen LogP contribution in [0.25, 0.3) is 6.08 Å². The van der Waals surface area contributed by atoms with Gasteiger partial charge in [0.25, 0.3) is 0 Å². The highest BCUT2D eigenvalue weighted by Gasteiger charge is 2.24. The van der Waals surface area contributed by atoms with Gasteiger partial charge in [-0.3, -0.25) is 0 Å². The molecule has 1 heterocycles. The Morgan fingerprint density at radius 3 is 2.35 bits per heavy atom. The van der Waals surface area contributed by atoms with Gasteiger partial charge in [-0.05, 0) is 68.5 Å². The molecule has 0 unspecified atom stereocenters. The summed E-state index contributed by atoms with van der Waals surface area (Å²) in [6, 6.07) is 7.15. The zero-order valence-electron chi connectivity index (χ0n) is 15.2. The predicted molar refractivity (Wildman–Crippen MR) is 109 cm³/mol. The molecule has 1 saturated heterocycles. The molecule has 144 valence electrons. The standard InChI is InChI=1S/C20H29ClN2O2S/c21-19-8-6-17(7-9-19)12-15-26(24,25)22-20-10-13-23(14-11-20)16-18-4-2-1-3-5-18/h6-9,12,15,18,20,22H,1-5,10-11,13-14,16H2/b15-12+. The highest BCUT2D eigenvalue weighted by molar-refractivity contribution is 7.92. The van der Waals surface area contributed by atoms with E-state index >= 15 is 0 Å². The Morgan fingerprint density at radius 1 is 1.04 bits per heavy atom. The lowest BCUT2D eigenvalue weighted by molar-refractivity contribution is 0.161. The lowest BCUT2D eigenvalue weighted by atomic mass is 9.88. The predicted octanol–water partition coefficient (Wildman–Crippen LogP) is 4.27. The first-order valence-corrected chi connectivity index (χ1v) is 11.6. The maximum Gasteiger partial charge on any atom is 0.233 e. The number of halogens is 1. The van der Waals surface area contributed by atoms with Crippen molar-refractivity contribution >= 4 is 27.7 Å². The average molecular weight is 397 g/mol. The van der Waals surface area contributed by atoms with E-state index in [0.29, 0.717) is 5.02 Å². The van der Waals surface area contributed by atoms with E-state index in [-0.39, 0.29) is 6.04 Å². The van der Waals surface area contributed by atoms with Crippen molar-refractivity contribution in [2.45, 2.75) is 51.0 Å². The summed E-state index contributed by atoms with van der Waals surface area (Å²) in [4.78, 5) is 2.52. The second-order valence-electron chi connectivity index (χ2n) is 7.60. The summed E-state index contributed by atoms with van der Waals surface area (Å²) in [6.07, 6.45) is 10.3. The zero-order valence-corrected chi connectivity index (χ0v) is 16.8. The van der Waals surface area contributed by atoms with Gasteiger partial charge >= 0.3 is 0 Å². The van der Waals surface area contributed by atoms with Gasteiger partial charge in [0.15, 0.2) is 0 Å². The lowest BCUT2D eigenvalue weighted by Crippen LogP contribution is -2.45. The van der Waals surface area contributed by atoms with Gasteiger partial charge in [0.2, 0.25) is 10.0 Å². The smallest absolute Gasteiger partial charge is 0.233 e. The summed E-state index contributed by atoms with van der Waals surface area (Å²) in [5.74, 6) is 0.847. The first-order valence-electron chi connectivity index (χ1n) is 9.68. The third-order valence-corrected chi connectivity index (χ3v) is 6.88. The topological polar surface area (TPSA) is 49.4 Å². The van der Waals surface area contributed by atoms with Crippen LogP contribution in [0.3, 0.4) is 0 Å². The van der Waals surface area contributed by atoms with Gasteiger partial charge in [0, 0.05) is 23.0 Å². The van der Waals surface area contributed by atoms with E-state index in [2.05, 4.69) is 9.62 Å². The number of nitrogens with zero attached hydrogens (tertiary/aromatic N) is 1. The Morgan fingerprint density at radius 2 is 1.69 bits per heavy atom. The molecule has 1 aliphatic carbocycles. The normalized spacial score (nSPS) is 21.4. The summed E-state index contributed by atoms with van der Waals surface area (Å²) < 4.78 is 27.4. The molecular weight excluding hydrogens is 368 g/mol. The van der Waals surface area contributed by atoms with Crippen molar-refractivity contribution in [2.24, 2.45) is 5.92 Å². The van der Waals surface area contributed by atoms with Crippen LogP contribution in [0.1, 0.15) is 50.5 Å². The molecule has 0 amide bonds. The number of nitrogens with one attached hydrogen (secondary N) is 1. The Bertz CT molecular complexity index is 689. The number of rotatable bonds is 6. The van der Waals surface area contributed by atoms with Gasteiger partial charge < -0.3 is 4.90 Å². The second kappa shape index (κ2) is 9.36. The van der Waals surface area contributed by atoms with Crippen LogP contribution >= 0.6 is 11.6 Å². The third-order valence-electron chi connectivity index (χ3n) is 5.47. The van der Waals surface area contributed by atoms with Gasteiger partial charge in [-0.15, -0.1) is 0 Å². The van der Waals surface area contributed by atoms with Crippen LogP contribution in [0.2, 0.25) is 5.02 Å². The van der Waals surface area contributed by atoms with E-state index in [1.165, 1.54) is 44.1 Å². The number of hydrogen-bond acceptors (Lipinski definition) is 3. The number of hydrogen-bond donors (Lipinski definition) is 1. The minimum absolute atomic E-state index is 0.0393. The van der Waals surface area contributed by atoms with Crippen molar-refractivity contribution in [3.63, 3.8) is 0 Å². The minimum Gasteiger partial charge on any atom is -0.303 e. The molecule has 1 aromatic carbocycles. The second-order valence-corrected chi connectivity index (χ2v) is 9.63. The van der Waals surface area contributed by atoms with E-state index in [1.54, 1.807) is 30.3 Å². The SMILES string of the molecule is O=S(=O)(/C=C/c1ccc(Cl)cc1)NC1CCN(CC2CCCCC2)CC1. The molecule has 2 aliphatic rings. The fourth-order valence-corrected chi connectivity index (χ4v) is 5.22. The van der Waals surface area contributed by atoms with Crippen LogP contribution in [0.15, 0.2) is 29.7 Å². The molecule has 0 bridgehead atoms. The molecule has 6 heteroatoms. The molecule has 4 nitrogen and oxygen atoms in total. The fraction of sp³-hybridized carbons (Fsp3) is 0.600. The summed E-state index contributed by atoms with van der Waals surface area (Å²) in [7, 11) is -3.42. The van der Waals surface area contributed by atoms with Crippen molar-refractivity contribution in [3.8, 4) is 0 Å². The van der Waals surface area contributed by atoms with Gasteiger partial charge in [-0.25, -0.2) is 13.1 Å². The maximum atomic E-state index is 12.3. The zero-order chi connectivity index (χ0) is 18.4. The Balaban J connectivity index is 1.44. The molecule has 3 rings (SSSR count). The molecule has 0 aromatic heterocycles. The van der Waals surface area contributed by atoms with Crippen molar-refractivity contribution in [1.29, 1.82) is 0 Å². The van der Waals surface area contributed by atoms with Crippen LogP contribution in [0.4, 0.5) is 0 Å². The summed E-state index contributed by atoms with van der Waals surface area (Å²) in [5, 5.41) is 1.90. The van der Waals surface area contributed by atoms with Crippen LogP contribution in [0.5, 0.6) is 0 Å². The van der Waals surface area contributed by atoms with Crippen LogP contribution in [0, 0.1) is 5.92 Å². The Hall–Kier alpha value is -0.880. The molecule has 0 radical (unpaired) electrons. The van der Waals surface area contributed by atoms with E-state index < -0.39 is 10.0 Å². The first kappa shape index (κ1) is 19.9. The summed E-state index contributed by atoms with van der Waals surface area (Å²) >= 11 is 5.85. The molecule has 1 N–H and O–H groups in total. The number of benzene rings is 1. The molecular formula is C20H29ClN2O2S. The van der Waals surface area contributed by atoms with Gasteiger partial charge in [-0.2, -0.15) is 0 Å². The highest BCUT2D eigenvalue weighted by Crippen LogP contribution is 2.25. The largest absolute Gasteiger partial charge is 0.303 e.